The van der Waals surface area contributed by atoms with E-state index < -0.39 is 0 Å². The van der Waals surface area contributed by atoms with E-state index in [0.29, 0.717) is 28.5 Å². The molecule has 2 aromatic rings. The van der Waals surface area contributed by atoms with Crippen LogP contribution < -0.4 is 24.8 Å². The second-order valence-corrected chi connectivity index (χ2v) is 7.24. The first-order valence-corrected chi connectivity index (χ1v) is 10.1. The number of methoxy groups -OCH3 is 2. The molecule has 7 heteroatoms. The van der Waals surface area contributed by atoms with Gasteiger partial charge in [0.25, 0.3) is 11.8 Å². The molecule has 1 fully saturated rings. The molecule has 2 aromatic carbocycles. The number of amides is 2. The largest absolute Gasteiger partial charge is 0.497 e. The Hall–Kier alpha value is -3.22. The van der Waals surface area contributed by atoms with E-state index in [4.69, 9.17) is 14.2 Å². The minimum atomic E-state index is -0.333. The fraction of sp³-hybridized carbons (Fsp3) is 0.391. The van der Waals surface area contributed by atoms with Gasteiger partial charge in [-0.1, -0.05) is 19.3 Å². The fourth-order valence-corrected chi connectivity index (χ4v) is 3.47. The van der Waals surface area contributed by atoms with Gasteiger partial charge >= 0.3 is 0 Å². The highest BCUT2D eigenvalue weighted by atomic mass is 16.5. The van der Waals surface area contributed by atoms with Gasteiger partial charge in [-0.3, -0.25) is 9.59 Å². The standard InChI is InChI=1S/C23H28N2O5/c1-28-19-12-13-21(29-2)20(14-19)25-22(26)15-30-18-10-8-16(9-11-18)23(27)24-17-6-4-3-5-7-17/h8-14,17H,3-7,15H2,1-2H3,(H,24,27)(H,25,26). The van der Waals surface area contributed by atoms with Crippen molar-refractivity contribution >= 4 is 17.5 Å². The van der Waals surface area contributed by atoms with Gasteiger partial charge in [0.2, 0.25) is 0 Å². The van der Waals surface area contributed by atoms with Crippen LogP contribution in [0.2, 0.25) is 0 Å². The van der Waals surface area contributed by atoms with Crippen molar-refractivity contribution in [1.82, 2.24) is 5.32 Å². The van der Waals surface area contributed by atoms with Crippen LogP contribution in [0.25, 0.3) is 0 Å². The fourth-order valence-electron chi connectivity index (χ4n) is 3.47. The summed E-state index contributed by atoms with van der Waals surface area (Å²) < 4.78 is 16.0. The van der Waals surface area contributed by atoms with E-state index in [-0.39, 0.29) is 24.5 Å². The second-order valence-electron chi connectivity index (χ2n) is 7.24. The smallest absolute Gasteiger partial charge is 0.262 e. The third-order valence-corrected chi connectivity index (χ3v) is 5.11. The van der Waals surface area contributed by atoms with Crippen molar-refractivity contribution in [3.63, 3.8) is 0 Å². The Balaban J connectivity index is 1.51. The Morgan fingerprint density at radius 2 is 1.63 bits per heavy atom. The number of anilines is 1. The van der Waals surface area contributed by atoms with Gasteiger partial charge in [-0.05, 0) is 49.2 Å². The molecule has 0 atom stereocenters. The molecule has 1 aliphatic rings. The quantitative estimate of drug-likeness (QED) is 0.689. The maximum atomic E-state index is 12.4. The summed E-state index contributed by atoms with van der Waals surface area (Å²) in [5, 5.41) is 5.83. The van der Waals surface area contributed by atoms with Crippen molar-refractivity contribution < 1.29 is 23.8 Å². The highest BCUT2D eigenvalue weighted by Crippen LogP contribution is 2.28. The number of benzene rings is 2. The molecule has 0 bridgehead atoms. The Morgan fingerprint density at radius 1 is 0.933 bits per heavy atom. The van der Waals surface area contributed by atoms with Crippen molar-refractivity contribution in [1.29, 1.82) is 0 Å². The van der Waals surface area contributed by atoms with Crippen LogP contribution in [0.3, 0.4) is 0 Å². The van der Waals surface area contributed by atoms with Gasteiger partial charge in [0.05, 0.1) is 19.9 Å². The van der Waals surface area contributed by atoms with E-state index in [2.05, 4.69) is 10.6 Å². The zero-order valence-corrected chi connectivity index (χ0v) is 17.4. The predicted octanol–water partition coefficient (Wildman–Crippen LogP) is 3.78. The molecule has 30 heavy (non-hydrogen) atoms. The number of hydrogen-bond acceptors (Lipinski definition) is 5. The van der Waals surface area contributed by atoms with Gasteiger partial charge in [0.1, 0.15) is 17.2 Å². The molecule has 1 saturated carbocycles. The van der Waals surface area contributed by atoms with E-state index in [9.17, 15) is 9.59 Å². The SMILES string of the molecule is COc1ccc(OC)c(NC(=O)COc2ccc(C(=O)NC3CCCCC3)cc2)c1. The molecule has 2 amide bonds. The number of carbonyl (C=O) groups excluding carboxylic acids is 2. The lowest BCUT2D eigenvalue weighted by Gasteiger charge is -2.22. The summed E-state index contributed by atoms with van der Waals surface area (Å²) in [6.45, 7) is -0.173. The molecule has 0 spiro atoms. The van der Waals surface area contributed by atoms with E-state index in [1.807, 2.05) is 0 Å². The average Bonchev–Trinajstić information content (AvgIpc) is 2.78. The topological polar surface area (TPSA) is 85.9 Å². The van der Waals surface area contributed by atoms with Crippen LogP contribution >= 0.6 is 0 Å². The molecular weight excluding hydrogens is 384 g/mol. The molecule has 3 rings (SSSR count). The van der Waals surface area contributed by atoms with Gasteiger partial charge in [-0.25, -0.2) is 0 Å². The third-order valence-electron chi connectivity index (χ3n) is 5.11. The summed E-state index contributed by atoms with van der Waals surface area (Å²) in [6, 6.07) is 12.2. The van der Waals surface area contributed by atoms with Gasteiger partial charge in [0, 0.05) is 17.7 Å². The Morgan fingerprint density at radius 3 is 2.30 bits per heavy atom. The summed E-state index contributed by atoms with van der Waals surface area (Å²) >= 11 is 0. The molecular formula is C23H28N2O5. The van der Waals surface area contributed by atoms with Crippen LogP contribution in [0, 0.1) is 0 Å². The molecule has 0 saturated heterocycles. The van der Waals surface area contributed by atoms with Gasteiger partial charge in [0.15, 0.2) is 6.61 Å². The Bertz CT molecular complexity index is 860. The normalized spacial score (nSPS) is 13.9. The first-order chi connectivity index (χ1) is 14.6. The third kappa shape index (κ3) is 5.89. The monoisotopic (exact) mass is 412 g/mol. The number of hydrogen-bond donors (Lipinski definition) is 2. The molecule has 0 radical (unpaired) electrons. The van der Waals surface area contributed by atoms with Crippen LogP contribution in [0.15, 0.2) is 42.5 Å². The van der Waals surface area contributed by atoms with Crippen molar-refractivity contribution in [2.24, 2.45) is 0 Å². The highest BCUT2D eigenvalue weighted by molar-refractivity contribution is 5.95. The Kier molecular flexibility index (Phi) is 7.54. The van der Waals surface area contributed by atoms with E-state index in [1.165, 1.54) is 26.4 Å². The molecule has 0 heterocycles. The summed E-state index contributed by atoms with van der Waals surface area (Å²) in [5.74, 6) is 1.24. The Labute approximate surface area is 176 Å². The van der Waals surface area contributed by atoms with Crippen LogP contribution in [-0.4, -0.2) is 38.7 Å². The lowest BCUT2D eigenvalue weighted by molar-refractivity contribution is -0.118. The van der Waals surface area contributed by atoms with Crippen molar-refractivity contribution in [3.05, 3.63) is 48.0 Å². The van der Waals surface area contributed by atoms with Gasteiger partial charge < -0.3 is 24.8 Å². The average molecular weight is 412 g/mol. The number of carbonyl (C=O) groups is 2. The van der Waals surface area contributed by atoms with Crippen LogP contribution in [-0.2, 0) is 4.79 Å². The van der Waals surface area contributed by atoms with E-state index >= 15 is 0 Å². The predicted molar refractivity (Wildman–Crippen MR) is 114 cm³/mol. The van der Waals surface area contributed by atoms with Gasteiger partial charge in [-0.2, -0.15) is 0 Å². The maximum Gasteiger partial charge on any atom is 0.262 e. The second kappa shape index (κ2) is 10.5. The first-order valence-electron chi connectivity index (χ1n) is 10.1. The molecule has 0 unspecified atom stereocenters. The van der Waals surface area contributed by atoms with Crippen LogP contribution in [0.1, 0.15) is 42.5 Å². The zero-order valence-electron chi connectivity index (χ0n) is 17.4. The molecule has 1 aliphatic carbocycles. The highest BCUT2D eigenvalue weighted by Gasteiger charge is 2.16. The van der Waals surface area contributed by atoms with Crippen molar-refractivity contribution in [3.8, 4) is 17.2 Å². The molecule has 2 N–H and O–H groups in total. The minimum Gasteiger partial charge on any atom is -0.497 e. The lowest BCUT2D eigenvalue weighted by Crippen LogP contribution is -2.36. The van der Waals surface area contributed by atoms with Crippen LogP contribution in [0.4, 0.5) is 5.69 Å². The minimum absolute atomic E-state index is 0.0729. The first kappa shape index (κ1) is 21.5. The van der Waals surface area contributed by atoms with E-state index in [1.54, 1.807) is 49.6 Å². The number of rotatable bonds is 8. The molecule has 0 aromatic heterocycles. The van der Waals surface area contributed by atoms with E-state index in [0.717, 1.165) is 12.8 Å². The van der Waals surface area contributed by atoms with Crippen molar-refractivity contribution in [2.45, 2.75) is 38.1 Å². The zero-order chi connectivity index (χ0) is 21.3. The van der Waals surface area contributed by atoms with Crippen molar-refractivity contribution in [2.75, 3.05) is 26.1 Å². The molecule has 0 aliphatic heterocycles. The summed E-state index contributed by atoms with van der Waals surface area (Å²) in [6.07, 6.45) is 5.67. The summed E-state index contributed by atoms with van der Waals surface area (Å²) in [4.78, 5) is 24.6. The number of nitrogens with one attached hydrogen (secondary N) is 2. The summed E-state index contributed by atoms with van der Waals surface area (Å²) in [5.41, 5.74) is 1.08. The maximum absolute atomic E-state index is 12.4. The number of ether oxygens (including phenoxy) is 3. The lowest BCUT2D eigenvalue weighted by atomic mass is 9.95. The van der Waals surface area contributed by atoms with Gasteiger partial charge in [-0.15, -0.1) is 0 Å². The van der Waals surface area contributed by atoms with Crippen LogP contribution in [0.5, 0.6) is 17.2 Å². The molecule has 7 nitrogen and oxygen atoms in total. The summed E-state index contributed by atoms with van der Waals surface area (Å²) in [7, 11) is 3.08. The molecule has 160 valence electrons.